The summed E-state index contributed by atoms with van der Waals surface area (Å²) in [5.41, 5.74) is 1.35. The van der Waals surface area contributed by atoms with Crippen LogP contribution in [0.3, 0.4) is 0 Å². The number of piperazine rings is 1. The molecule has 1 N–H and O–H groups in total. The Bertz CT molecular complexity index is 792. The third-order valence-electron chi connectivity index (χ3n) is 5.04. The second-order valence-corrected chi connectivity index (χ2v) is 7.26. The molecule has 2 aromatic carbocycles. The minimum absolute atomic E-state index is 0.0624. The van der Waals surface area contributed by atoms with Crippen molar-refractivity contribution < 1.29 is 9.59 Å². The van der Waals surface area contributed by atoms with Crippen LogP contribution in [0.5, 0.6) is 0 Å². The molecule has 0 radical (unpaired) electrons. The van der Waals surface area contributed by atoms with Crippen molar-refractivity contribution in [3.8, 4) is 0 Å². The molecule has 6 nitrogen and oxygen atoms in total. The molecular weight excluding hydrogens is 340 g/mol. The number of carbonyl (C=O) groups excluding carboxylic acids is 2. The van der Waals surface area contributed by atoms with E-state index >= 15 is 0 Å². The molecule has 27 heavy (non-hydrogen) atoms. The molecule has 0 unspecified atom stereocenters. The molecule has 1 saturated heterocycles. The highest BCUT2D eigenvalue weighted by atomic mass is 16.2. The fraction of sp³-hybridized carbons (Fsp3) is 0.429. The second-order valence-electron chi connectivity index (χ2n) is 7.26. The third-order valence-corrected chi connectivity index (χ3v) is 5.04. The van der Waals surface area contributed by atoms with Gasteiger partial charge in [0.05, 0.1) is 13.1 Å². The average Bonchev–Trinajstić information content (AvgIpc) is 2.68. The van der Waals surface area contributed by atoms with E-state index in [1.165, 1.54) is 21.2 Å². The summed E-state index contributed by atoms with van der Waals surface area (Å²) in [5.74, 6) is -0.184. The smallest absolute Gasteiger partial charge is 0.241 e. The molecule has 0 spiro atoms. The first kappa shape index (κ1) is 19.3. The van der Waals surface area contributed by atoms with Crippen LogP contribution in [0.4, 0.5) is 0 Å². The van der Waals surface area contributed by atoms with Crippen LogP contribution in [0.15, 0.2) is 42.5 Å². The van der Waals surface area contributed by atoms with Crippen molar-refractivity contribution in [2.75, 3.05) is 53.4 Å². The molecule has 2 aromatic rings. The number of rotatable bonds is 6. The summed E-state index contributed by atoms with van der Waals surface area (Å²) in [4.78, 5) is 29.6. The van der Waals surface area contributed by atoms with Crippen LogP contribution in [0.1, 0.15) is 5.56 Å². The lowest BCUT2D eigenvalue weighted by atomic mass is 10.0. The fourth-order valence-corrected chi connectivity index (χ4v) is 3.37. The van der Waals surface area contributed by atoms with Crippen molar-refractivity contribution in [2.24, 2.45) is 0 Å². The Morgan fingerprint density at radius 2 is 1.63 bits per heavy atom. The van der Waals surface area contributed by atoms with E-state index in [-0.39, 0.29) is 18.4 Å². The Morgan fingerprint density at radius 3 is 2.37 bits per heavy atom. The number of nitrogens with zero attached hydrogens (tertiary/aromatic N) is 3. The molecule has 1 heterocycles. The third kappa shape index (κ3) is 5.28. The van der Waals surface area contributed by atoms with Gasteiger partial charge in [-0.1, -0.05) is 42.5 Å². The minimum Gasteiger partial charge on any atom is -0.347 e. The summed E-state index contributed by atoms with van der Waals surface area (Å²) >= 11 is 0. The first-order chi connectivity index (χ1) is 13.0. The van der Waals surface area contributed by atoms with Crippen molar-refractivity contribution in [1.29, 1.82) is 0 Å². The number of hydrogen-bond donors (Lipinski definition) is 1. The number of benzene rings is 2. The standard InChI is InChI=1S/C21H28N4O2/c1-23(2)21(27)14-22-20(26)16-25-12-10-24(11-13-25)15-18-8-5-7-17-6-3-4-9-19(17)18/h3-9H,10-16H2,1-2H3,(H,22,26). The van der Waals surface area contributed by atoms with E-state index in [2.05, 4.69) is 57.6 Å². The topological polar surface area (TPSA) is 55.9 Å². The van der Waals surface area contributed by atoms with Gasteiger partial charge in [-0.25, -0.2) is 0 Å². The van der Waals surface area contributed by atoms with Crippen LogP contribution in [0, 0.1) is 0 Å². The van der Waals surface area contributed by atoms with E-state index < -0.39 is 0 Å². The Hall–Kier alpha value is -2.44. The van der Waals surface area contributed by atoms with E-state index in [1.54, 1.807) is 14.1 Å². The van der Waals surface area contributed by atoms with Crippen molar-refractivity contribution in [2.45, 2.75) is 6.54 Å². The average molecular weight is 368 g/mol. The van der Waals surface area contributed by atoms with Crippen LogP contribution < -0.4 is 5.32 Å². The molecule has 144 valence electrons. The monoisotopic (exact) mass is 368 g/mol. The summed E-state index contributed by atoms with van der Waals surface area (Å²) in [5, 5.41) is 5.28. The molecule has 0 saturated carbocycles. The van der Waals surface area contributed by atoms with Crippen LogP contribution in [-0.2, 0) is 16.1 Å². The SMILES string of the molecule is CN(C)C(=O)CNC(=O)CN1CCN(Cc2cccc3ccccc23)CC1. The van der Waals surface area contributed by atoms with Gasteiger partial charge in [0.1, 0.15) is 0 Å². The summed E-state index contributed by atoms with van der Waals surface area (Å²) in [6.07, 6.45) is 0. The van der Waals surface area contributed by atoms with E-state index in [9.17, 15) is 9.59 Å². The fourth-order valence-electron chi connectivity index (χ4n) is 3.37. The molecule has 1 aliphatic heterocycles. The molecule has 2 amide bonds. The lowest BCUT2D eigenvalue weighted by molar-refractivity contribution is -0.131. The van der Waals surface area contributed by atoms with Gasteiger partial charge in [0, 0.05) is 46.8 Å². The van der Waals surface area contributed by atoms with E-state index in [4.69, 9.17) is 0 Å². The summed E-state index contributed by atoms with van der Waals surface area (Å²) in [6, 6.07) is 15.0. The number of amides is 2. The first-order valence-corrected chi connectivity index (χ1v) is 9.41. The number of carbonyl (C=O) groups is 2. The Morgan fingerprint density at radius 1 is 0.963 bits per heavy atom. The lowest BCUT2D eigenvalue weighted by Crippen LogP contribution is -2.49. The number of nitrogens with one attached hydrogen (secondary N) is 1. The maximum absolute atomic E-state index is 12.0. The quantitative estimate of drug-likeness (QED) is 0.831. The van der Waals surface area contributed by atoms with Crippen molar-refractivity contribution in [1.82, 2.24) is 20.0 Å². The zero-order chi connectivity index (χ0) is 19.2. The first-order valence-electron chi connectivity index (χ1n) is 9.41. The minimum atomic E-state index is -0.0942. The molecule has 0 bridgehead atoms. The molecule has 0 atom stereocenters. The molecule has 3 rings (SSSR count). The summed E-state index contributed by atoms with van der Waals surface area (Å²) < 4.78 is 0. The van der Waals surface area contributed by atoms with Gasteiger partial charge in [-0.3, -0.25) is 19.4 Å². The highest BCUT2D eigenvalue weighted by Gasteiger charge is 2.19. The number of fused-ring (bicyclic) bond motifs is 1. The second kappa shape index (κ2) is 8.97. The maximum Gasteiger partial charge on any atom is 0.241 e. The zero-order valence-electron chi connectivity index (χ0n) is 16.1. The van der Waals surface area contributed by atoms with Crippen molar-refractivity contribution in [3.05, 3.63) is 48.0 Å². The van der Waals surface area contributed by atoms with Crippen LogP contribution in [-0.4, -0.2) is 79.9 Å². The van der Waals surface area contributed by atoms with Gasteiger partial charge in [0.15, 0.2) is 0 Å². The zero-order valence-corrected chi connectivity index (χ0v) is 16.1. The molecule has 6 heteroatoms. The van der Waals surface area contributed by atoms with Gasteiger partial charge < -0.3 is 10.2 Å². The highest BCUT2D eigenvalue weighted by molar-refractivity contribution is 5.86. The van der Waals surface area contributed by atoms with Gasteiger partial charge in [-0.15, -0.1) is 0 Å². The maximum atomic E-state index is 12.0. The normalized spacial score (nSPS) is 15.6. The van der Waals surface area contributed by atoms with E-state index in [0.717, 1.165) is 32.7 Å². The largest absolute Gasteiger partial charge is 0.347 e. The van der Waals surface area contributed by atoms with E-state index in [0.29, 0.717) is 6.54 Å². The summed E-state index contributed by atoms with van der Waals surface area (Å²) in [7, 11) is 3.37. The van der Waals surface area contributed by atoms with Gasteiger partial charge in [-0.05, 0) is 16.3 Å². The van der Waals surface area contributed by atoms with Crippen LogP contribution in [0.25, 0.3) is 10.8 Å². The van der Waals surface area contributed by atoms with Crippen LogP contribution >= 0.6 is 0 Å². The Kier molecular flexibility index (Phi) is 6.42. The highest BCUT2D eigenvalue weighted by Crippen LogP contribution is 2.20. The predicted octanol–water partition coefficient (Wildman–Crippen LogP) is 1.16. The number of likely N-dealkylation sites (N-methyl/N-ethyl adjacent to an activating group) is 1. The van der Waals surface area contributed by atoms with Gasteiger partial charge in [0.25, 0.3) is 0 Å². The molecule has 0 aliphatic carbocycles. The Labute approximate surface area is 160 Å². The lowest BCUT2D eigenvalue weighted by Gasteiger charge is -2.34. The summed E-state index contributed by atoms with van der Waals surface area (Å²) in [6.45, 7) is 4.94. The predicted molar refractivity (Wildman–Crippen MR) is 107 cm³/mol. The van der Waals surface area contributed by atoms with E-state index in [1.807, 2.05) is 0 Å². The van der Waals surface area contributed by atoms with Gasteiger partial charge in [0.2, 0.25) is 11.8 Å². The molecular formula is C21H28N4O2. The van der Waals surface area contributed by atoms with Crippen LogP contribution in [0.2, 0.25) is 0 Å². The Balaban J connectivity index is 1.46. The molecule has 1 aliphatic rings. The van der Waals surface area contributed by atoms with Gasteiger partial charge in [-0.2, -0.15) is 0 Å². The molecule has 0 aromatic heterocycles. The van der Waals surface area contributed by atoms with Gasteiger partial charge >= 0.3 is 0 Å². The van der Waals surface area contributed by atoms with Crippen molar-refractivity contribution in [3.63, 3.8) is 0 Å². The number of hydrogen-bond acceptors (Lipinski definition) is 4. The van der Waals surface area contributed by atoms with Crippen molar-refractivity contribution >= 4 is 22.6 Å². The molecule has 1 fully saturated rings.